The van der Waals surface area contributed by atoms with E-state index in [0.29, 0.717) is 17.2 Å². The van der Waals surface area contributed by atoms with Crippen LogP contribution in [0, 0.1) is 0 Å². The molecule has 0 aliphatic heterocycles. The topological polar surface area (TPSA) is 73.6 Å². The molecule has 0 bridgehead atoms. The van der Waals surface area contributed by atoms with E-state index in [1.165, 1.54) is 0 Å². The largest absolute Gasteiger partial charge is 0.497 e. The van der Waals surface area contributed by atoms with Gasteiger partial charge in [-0.1, -0.05) is 0 Å². The molecule has 0 aliphatic rings. The van der Waals surface area contributed by atoms with Gasteiger partial charge in [0.1, 0.15) is 11.5 Å². The highest BCUT2D eigenvalue weighted by molar-refractivity contribution is 5.77. The van der Waals surface area contributed by atoms with Crippen LogP contribution in [-0.2, 0) is 4.79 Å². The van der Waals surface area contributed by atoms with Crippen LogP contribution in [0.15, 0.2) is 18.2 Å². The van der Waals surface area contributed by atoms with Crippen LogP contribution >= 0.6 is 0 Å². The van der Waals surface area contributed by atoms with E-state index in [0.717, 1.165) is 0 Å². The van der Waals surface area contributed by atoms with Gasteiger partial charge in [-0.25, -0.2) is 0 Å². The van der Waals surface area contributed by atoms with E-state index in [2.05, 4.69) is 5.32 Å². The van der Waals surface area contributed by atoms with Crippen LogP contribution < -0.4 is 20.5 Å². The quantitative estimate of drug-likeness (QED) is 0.705. The predicted molar refractivity (Wildman–Crippen MR) is 57.0 cm³/mol. The maximum absolute atomic E-state index is 10.9. The zero-order valence-corrected chi connectivity index (χ0v) is 8.74. The molecule has 0 fully saturated rings. The summed E-state index contributed by atoms with van der Waals surface area (Å²) < 4.78 is 10.2. The van der Waals surface area contributed by atoms with Gasteiger partial charge < -0.3 is 20.5 Å². The van der Waals surface area contributed by atoms with Crippen molar-refractivity contribution < 1.29 is 14.3 Å². The van der Waals surface area contributed by atoms with Crippen molar-refractivity contribution in [2.75, 3.05) is 26.5 Å². The maximum atomic E-state index is 10.9. The molecule has 3 N–H and O–H groups in total. The number of anilines is 1. The van der Waals surface area contributed by atoms with Gasteiger partial charge in [-0.3, -0.25) is 4.79 Å². The molecule has 0 aromatic heterocycles. The molecule has 0 spiro atoms. The predicted octanol–water partition coefficient (Wildman–Crippen LogP) is 0.402. The lowest BCUT2D eigenvalue weighted by Gasteiger charge is -2.09. The van der Waals surface area contributed by atoms with Crippen molar-refractivity contribution in [3.8, 4) is 11.5 Å². The van der Waals surface area contributed by atoms with Crippen molar-refractivity contribution in [3.63, 3.8) is 0 Å². The molecule has 5 heteroatoms. The molecule has 0 saturated carbocycles. The Morgan fingerprint density at radius 3 is 2.87 bits per heavy atom. The molecule has 0 atom stereocenters. The van der Waals surface area contributed by atoms with Gasteiger partial charge in [-0.15, -0.1) is 0 Å². The van der Waals surface area contributed by atoms with Crippen LogP contribution in [0.1, 0.15) is 0 Å². The number of nitrogen functional groups attached to an aromatic ring is 1. The van der Waals surface area contributed by atoms with E-state index in [-0.39, 0.29) is 12.5 Å². The Morgan fingerprint density at radius 2 is 2.27 bits per heavy atom. The average molecular weight is 210 g/mol. The van der Waals surface area contributed by atoms with Gasteiger partial charge in [0.05, 0.1) is 12.8 Å². The fraction of sp³-hybridized carbons (Fsp3) is 0.300. The molecule has 1 aromatic carbocycles. The number of ether oxygens (including phenoxy) is 2. The molecule has 0 radical (unpaired) electrons. The van der Waals surface area contributed by atoms with E-state index < -0.39 is 0 Å². The molecule has 15 heavy (non-hydrogen) atoms. The molecule has 0 unspecified atom stereocenters. The van der Waals surface area contributed by atoms with E-state index in [9.17, 15) is 4.79 Å². The second kappa shape index (κ2) is 5.09. The monoisotopic (exact) mass is 210 g/mol. The smallest absolute Gasteiger partial charge is 0.257 e. The van der Waals surface area contributed by atoms with Crippen LogP contribution in [0.4, 0.5) is 5.69 Å². The summed E-state index contributed by atoms with van der Waals surface area (Å²) in [7, 11) is 3.09. The van der Waals surface area contributed by atoms with Crippen LogP contribution in [0.5, 0.6) is 11.5 Å². The third-order valence-corrected chi connectivity index (χ3v) is 1.86. The van der Waals surface area contributed by atoms with Gasteiger partial charge in [-0.05, 0) is 12.1 Å². The van der Waals surface area contributed by atoms with Crippen molar-refractivity contribution in [1.82, 2.24) is 5.32 Å². The second-order valence-corrected chi connectivity index (χ2v) is 2.87. The van der Waals surface area contributed by atoms with Crippen LogP contribution in [0.3, 0.4) is 0 Å². The van der Waals surface area contributed by atoms with Crippen molar-refractivity contribution >= 4 is 11.6 Å². The van der Waals surface area contributed by atoms with Gasteiger partial charge in [0.15, 0.2) is 6.61 Å². The SMILES string of the molecule is CNC(=O)COc1cc(OC)ccc1N. The lowest BCUT2D eigenvalue weighted by Crippen LogP contribution is -2.25. The zero-order valence-electron chi connectivity index (χ0n) is 8.74. The molecule has 5 nitrogen and oxygen atoms in total. The Kier molecular flexibility index (Phi) is 3.79. The normalized spacial score (nSPS) is 9.47. The summed E-state index contributed by atoms with van der Waals surface area (Å²) in [6.07, 6.45) is 0. The summed E-state index contributed by atoms with van der Waals surface area (Å²) in [5, 5.41) is 2.45. The van der Waals surface area contributed by atoms with Gasteiger partial charge in [0.2, 0.25) is 0 Å². The molecular formula is C10H14N2O3. The van der Waals surface area contributed by atoms with E-state index in [1.807, 2.05) is 0 Å². The average Bonchev–Trinajstić information content (AvgIpc) is 2.27. The van der Waals surface area contributed by atoms with Crippen molar-refractivity contribution in [3.05, 3.63) is 18.2 Å². The third kappa shape index (κ3) is 3.05. The number of benzene rings is 1. The first-order valence-corrected chi connectivity index (χ1v) is 4.44. The Balaban J connectivity index is 2.70. The number of hydrogen-bond acceptors (Lipinski definition) is 4. The molecule has 0 aliphatic carbocycles. The third-order valence-electron chi connectivity index (χ3n) is 1.86. The number of rotatable bonds is 4. The number of nitrogens with two attached hydrogens (primary N) is 1. The molecule has 0 saturated heterocycles. The molecule has 82 valence electrons. The molecule has 0 heterocycles. The van der Waals surface area contributed by atoms with Gasteiger partial charge in [0.25, 0.3) is 5.91 Å². The van der Waals surface area contributed by atoms with Crippen LogP contribution in [-0.4, -0.2) is 26.7 Å². The van der Waals surface area contributed by atoms with E-state index in [4.69, 9.17) is 15.2 Å². The first-order valence-electron chi connectivity index (χ1n) is 4.44. The summed E-state index contributed by atoms with van der Waals surface area (Å²) in [6, 6.07) is 5.03. The highest BCUT2D eigenvalue weighted by atomic mass is 16.5. The molecule has 1 aromatic rings. The highest BCUT2D eigenvalue weighted by Crippen LogP contribution is 2.26. The number of carbonyl (C=O) groups is 1. The summed E-state index contributed by atoms with van der Waals surface area (Å²) >= 11 is 0. The van der Waals surface area contributed by atoms with Crippen LogP contribution in [0.25, 0.3) is 0 Å². The Hall–Kier alpha value is -1.91. The number of likely N-dealkylation sites (N-methyl/N-ethyl adjacent to an activating group) is 1. The first kappa shape index (κ1) is 11.2. The standard InChI is InChI=1S/C10H14N2O3/c1-12-10(13)6-15-9-5-7(14-2)3-4-8(9)11/h3-5H,6,11H2,1-2H3,(H,12,13). The Labute approximate surface area is 88.2 Å². The van der Waals surface area contributed by atoms with Gasteiger partial charge in [0, 0.05) is 13.1 Å². The van der Waals surface area contributed by atoms with E-state index >= 15 is 0 Å². The summed E-state index contributed by atoms with van der Waals surface area (Å²) in [5.74, 6) is 0.867. The minimum Gasteiger partial charge on any atom is -0.497 e. The molecule has 1 rings (SSSR count). The summed E-state index contributed by atoms with van der Waals surface area (Å²) in [6.45, 7) is -0.0616. The highest BCUT2D eigenvalue weighted by Gasteiger charge is 2.05. The summed E-state index contributed by atoms with van der Waals surface area (Å²) in [5.41, 5.74) is 6.13. The number of nitrogens with one attached hydrogen (secondary N) is 1. The van der Waals surface area contributed by atoms with E-state index in [1.54, 1.807) is 32.4 Å². The minimum absolute atomic E-state index is 0.0616. The fourth-order valence-electron chi connectivity index (χ4n) is 0.982. The summed E-state index contributed by atoms with van der Waals surface area (Å²) in [4.78, 5) is 10.9. The number of methoxy groups -OCH3 is 1. The number of hydrogen-bond donors (Lipinski definition) is 2. The second-order valence-electron chi connectivity index (χ2n) is 2.87. The van der Waals surface area contributed by atoms with Crippen molar-refractivity contribution in [2.24, 2.45) is 0 Å². The number of amides is 1. The lowest BCUT2D eigenvalue weighted by atomic mass is 10.3. The van der Waals surface area contributed by atoms with Gasteiger partial charge >= 0.3 is 0 Å². The number of carbonyl (C=O) groups excluding carboxylic acids is 1. The van der Waals surface area contributed by atoms with Crippen LogP contribution in [0.2, 0.25) is 0 Å². The Morgan fingerprint density at radius 1 is 1.53 bits per heavy atom. The first-order chi connectivity index (χ1) is 7.17. The fourth-order valence-corrected chi connectivity index (χ4v) is 0.982. The molecular weight excluding hydrogens is 196 g/mol. The lowest BCUT2D eigenvalue weighted by molar-refractivity contribution is -0.122. The minimum atomic E-state index is -0.211. The van der Waals surface area contributed by atoms with Crippen molar-refractivity contribution in [2.45, 2.75) is 0 Å². The van der Waals surface area contributed by atoms with Crippen molar-refractivity contribution in [1.29, 1.82) is 0 Å². The Bertz CT molecular complexity index is 353. The molecule has 1 amide bonds. The zero-order chi connectivity index (χ0) is 11.3. The maximum Gasteiger partial charge on any atom is 0.257 e. The van der Waals surface area contributed by atoms with Gasteiger partial charge in [-0.2, -0.15) is 0 Å².